The number of ether oxygens (including phenoxy) is 1. The van der Waals surface area contributed by atoms with Gasteiger partial charge in [-0.1, -0.05) is 0 Å². The van der Waals surface area contributed by atoms with Crippen LogP contribution in [0.25, 0.3) is 0 Å². The van der Waals surface area contributed by atoms with Crippen molar-refractivity contribution in [1.29, 1.82) is 5.26 Å². The van der Waals surface area contributed by atoms with Crippen LogP contribution in [0.3, 0.4) is 0 Å². The van der Waals surface area contributed by atoms with E-state index in [9.17, 15) is 14.9 Å². The zero-order valence-corrected chi connectivity index (χ0v) is 14.7. The smallest absolute Gasteiger partial charge is 0.407 e. The third kappa shape index (κ3) is 3.52. The molecule has 0 spiro atoms. The average Bonchev–Trinajstić information content (AvgIpc) is 2.64. The van der Waals surface area contributed by atoms with Gasteiger partial charge in [-0.3, -0.25) is 9.69 Å². The van der Waals surface area contributed by atoms with Crippen molar-refractivity contribution in [3.63, 3.8) is 0 Å². The first-order valence-corrected chi connectivity index (χ1v) is 8.63. The van der Waals surface area contributed by atoms with Gasteiger partial charge in [0.15, 0.2) is 6.19 Å². The van der Waals surface area contributed by atoms with Crippen molar-refractivity contribution >= 4 is 23.4 Å². The Labute approximate surface area is 152 Å². The minimum Gasteiger partial charge on any atom is -0.469 e. The van der Waals surface area contributed by atoms with Crippen molar-refractivity contribution in [2.24, 2.45) is 5.92 Å². The number of nitriles is 1. The fourth-order valence-electron chi connectivity index (χ4n) is 3.49. The van der Waals surface area contributed by atoms with Crippen LogP contribution in [0.2, 0.25) is 0 Å². The lowest BCUT2D eigenvalue weighted by molar-refractivity contribution is -0.148. The summed E-state index contributed by atoms with van der Waals surface area (Å²) in [4.78, 5) is 27.7. The quantitative estimate of drug-likeness (QED) is 0.497. The van der Waals surface area contributed by atoms with Gasteiger partial charge in [0, 0.05) is 37.9 Å². The molecule has 1 aromatic rings. The highest BCUT2D eigenvalue weighted by Crippen LogP contribution is 2.35. The normalized spacial score (nSPS) is 22.2. The average molecular weight is 358 g/mol. The van der Waals surface area contributed by atoms with E-state index in [2.05, 4.69) is 11.1 Å². The van der Waals surface area contributed by atoms with Gasteiger partial charge in [0.1, 0.15) is 0 Å². The van der Waals surface area contributed by atoms with Gasteiger partial charge in [-0.05, 0) is 37.1 Å². The van der Waals surface area contributed by atoms with Gasteiger partial charge in [-0.2, -0.15) is 5.26 Å². The van der Waals surface area contributed by atoms with E-state index in [0.29, 0.717) is 39.0 Å². The summed E-state index contributed by atoms with van der Waals surface area (Å²) in [7, 11) is 1.38. The molecule has 8 heteroatoms. The zero-order chi connectivity index (χ0) is 18.7. The highest BCUT2D eigenvalue weighted by atomic mass is 16.5. The lowest BCUT2D eigenvalue weighted by atomic mass is 9.79. The molecule has 0 aromatic heterocycles. The Morgan fingerprint density at radius 3 is 2.31 bits per heavy atom. The van der Waals surface area contributed by atoms with Crippen LogP contribution in [0, 0.1) is 17.4 Å². The Kier molecular flexibility index (Phi) is 5.16. The van der Waals surface area contributed by atoms with Crippen molar-refractivity contribution < 1.29 is 19.4 Å². The first-order valence-electron chi connectivity index (χ1n) is 8.63. The maximum atomic E-state index is 11.5. The number of methoxy groups -OCH3 is 1. The summed E-state index contributed by atoms with van der Waals surface area (Å²) in [5, 5.41) is 18.5. The molecule has 138 valence electrons. The molecule has 1 N–H and O–H groups in total. The first-order chi connectivity index (χ1) is 12.5. The molecule has 1 saturated carbocycles. The minimum absolute atomic E-state index is 0.0223. The number of piperazine rings is 1. The van der Waals surface area contributed by atoms with Crippen LogP contribution < -0.4 is 9.80 Å². The number of rotatable bonds is 4. The molecule has 1 saturated heterocycles. The number of anilines is 2. The molecule has 26 heavy (non-hydrogen) atoms. The topological polar surface area (TPSA) is 97.1 Å². The van der Waals surface area contributed by atoms with E-state index in [-0.39, 0.29) is 17.9 Å². The third-order valence-corrected chi connectivity index (χ3v) is 5.16. The van der Waals surface area contributed by atoms with Crippen molar-refractivity contribution in [3.8, 4) is 6.19 Å². The number of esters is 1. The fourth-order valence-corrected chi connectivity index (χ4v) is 3.49. The van der Waals surface area contributed by atoms with E-state index in [1.165, 1.54) is 12.0 Å². The van der Waals surface area contributed by atoms with Crippen molar-refractivity contribution in [2.75, 3.05) is 43.1 Å². The van der Waals surface area contributed by atoms with Gasteiger partial charge in [-0.25, -0.2) is 4.79 Å². The second-order valence-electron chi connectivity index (χ2n) is 6.59. The second kappa shape index (κ2) is 7.52. The molecule has 0 unspecified atom stereocenters. The van der Waals surface area contributed by atoms with Crippen molar-refractivity contribution in [1.82, 2.24) is 4.90 Å². The fraction of sp³-hybridized carbons (Fsp3) is 0.500. The molecule has 2 fully saturated rings. The number of carbonyl (C=O) groups excluding carboxylic acids is 1. The van der Waals surface area contributed by atoms with E-state index in [0.717, 1.165) is 11.4 Å². The molecule has 0 bridgehead atoms. The highest BCUT2D eigenvalue weighted by molar-refractivity contribution is 5.74. The highest BCUT2D eigenvalue weighted by Gasteiger charge is 2.39. The first kappa shape index (κ1) is 17.9. The van der Waals surface area contributed by atoms with Gasteiger partial charge < -0.3 is 19.6 Å². The molecular weight excluding hydrogens is 336 g/mol. The molecule has 1 aliphatic carbocycles. The van der Waals surface area contributed by atoms with E-state index < -0.39 is 6.09 Å². The number of carbonyl (C=O) groups is 2. The van der Waals surface area contributed by atoms with Gasteiger partial charge >= 0.3 is 12.1 Å². The van der Waals surface area contributed by atoms with E-state index in [4.69, 9.17) is 9.84 Å². The predicted octanol–water partition coefficient (Wildman–Crippen LogP) is 1.73. The SMILES string of the molecule is COC(=O)C1CC(N(C#N)c2ccc(N3CCN(C(=O)O)CC3)cc2)C1. The van der Waals surface area contributed by atoms with E-state index >= 15 is 0 Å². The predicted molar refractivity (Wildman–Crippen MR) is 94.9 cm³/mol. The molecule has 1 amide bonds. The molecule has 3 rings (SSSR count). The lowest BCUT2D eigenvalue weighted by Gasteiger charge is -2.39. The van der Waals surface area contributed by atoms with Crippen LogP contribution in [0.1, 0.15) is 12.8 Å². The van der Waals surface area contributed by atoms with Gasteiger partial charge in [0.25, 0.3) is 0 Å². The van der Waals surface area contributed by atoms with Gasteiger partial charge in [-0.15, -0.1) is 0 Å². The standard InChI is InChI=1S/C18H22N4O4/c1-26-17(23)13-10-16(11-13)22(12-19)15-4-2-14(3-5-15)20-6-8-21(9-7-20)18(24)25/h2-5,13,16H,6-11H2,1H3,(H,24,25). The Morgan fingerprint density at radius 2 is 1.81 bits per heavy atom. The molecule has 0 radical (unpaired) electrons. The van der Waals surface area contributed by atoms with Crippen LogP contribution in [-0.2, 0) is 9.53 Å². The molecule has 1 aromatic carbocycles. The van der Waals surface area contributed by atoms with Crippen LogP contribution in [0.5, 0.6) is 0 Å². The van der Waals surface area contributed by atoms with Gasteiger partial charge in [0.05, 0.1) is 18.7 Å². The maximum absolute atomic E-state index is 11.5. The van der Waals surface area contributed by atoms with Crippen LogP contribution in [0.15, 0.2) is 24.3 Å². The monoisotopic (exact) mass is 358 g/mol. The summed E-state index contributed by atoms with van der Waals surface area (Å²) >= 11 is 0. The second-order valence-corrected chi connectivity index (χ2v) is 6.59. The minimum atomic E-state index is -0.879. The number of amides is 1. The van der Waals surface area contributed by atoms with Crippen molar-refractivity contribution in [3.05, 3.63) is 24.3 Å². The largest absolute Gasteiger partial charge is 0.469 e. The Balaban J connectivity index is 1.60. The number of benzene rings is 1. The van der Waals surface area contributed by atoms with Gasteiger partial charge in [0.2, 0.25) is 0 Å². The molecule has 0 atom stereocenters. The number of hydrogen-bond acceptors (Lipinski definition) is 6. The summed E-state index contributed by atoms with van der Waals surface area (Å²) < 4.78 is 4.74. The zero-order valence-electron chi connectivity index (χ0n) is 14.7. The number of hydrogen-bond donors (Lipinski definition) is 1. The van der Waals surface area contributed by atoms with Crippen LogP contribution >= 0.6 is 0 Å². The molecule has 2 aliphatic rings. The summed E-state index contributed by atoms with van der Waals surface area (Å²) in [6.45, 7) is 2.27. The Bertz CT molecular complexity index is 701. The number of carboxylic acid groups (broad SMARTS) is 1. The third-order valence-electron chi connectivity index (χ3n) is 5.16. The summed E-state index contributed by atoms with van der Waals surface area (Å²) in [5.74, 6) is -0.333. The summed E-state index contributed by atoms with van der Waals surface area (Å²) in [6, 6.07) is 7.72. The van der Waals surface area contributed by atoms with E-state index in [1.807, 2.05) is 24.3 Å². The Hall–Kier alpha value is -2.95. The molecule has 8 nitrogen and oxygen atoms in total. The van der Waals surface area contributed by atoms with Crippen molar-refractivity contribution in [2.45, 2.75) is 18.9 Å². The Morgan fingerprint density at radius 1 is 1.19 bits per heavy atom. The lowest BCUT2D eigenvalue weighted by Crippen LogP contribution is -2.48. The molecular formula is C18H22N4O4. The maximum Gasteiger partial charge on any atom is 0.407 e. The van der Waals surface area contributed by atoms with E-state index in [1.54, 1.807) is 4.90 Å². The van der Waals surface area contributed by atoms with Crippen LogP contribution in [-0.4, -0.2) is 61.4 Å². The molecule has 1 heterocycles. The van der Waals surface area contributed by atoms with Crippen LogP contribution in [0.4, 0.5) is 16.2 Å². The summed E-state index contributed by atoms with van der Waals surface area (Å²) in [6.07, 6.45) is 2.58. The summed E-state index contributed by atoms with van der Waals surface area (Å²) in [5.41, 5.74) is 1.81. The number of nitrogens with zero attached hydrogens (tertiary/aromatic N) is 4. The molecule has 1 aliphatic heterocycles.